The van der Waals surface area contributed by atoms with Gasteiger partial charge in [0.25, 0.3) is 0 Å². The second-order valence-corrected chi connectivity index (χ2v) is 4.34. The van der Waals surface area contributed by atoms with Crippen molar-refractivity contribution >= 4 is 5.97 Å². The molecule has 2 N–H and O–H groups in total. The first-order valence-corrected chi connectivity index (χ1v) is 5.20. The van der Waals surface area contributed by atoms with Crippen LogP contribution in [0.1, 0.15) is 32.1 Å². The van der Waals surface area contributed by atoms with E-state index in [0.717, 1.165) is 38.8 Å². The minimum absolute atomic E-state index is 0.372. The molecule has 2 rings (SSSR count). The number of hydrogen-bond donors (Lipinski definition) is 2. The van der Waals surface area contributed by atoms with Crippen LogP contribution in [-0.2, 0) is 4.79 Å². The molecule has 1 saturated heterocycles. The Morgan fingerprint density at radius 2 is 1.92 bits per heavy atom. The molecule has 0 atom stereocenters. The summed E-state index contributed by atoms with van der Waals surface area (Å²) in [6, 6.07) is 0. The van der Waals surface area contributed by atoms with E-state index in [0.29, 0.717) is 5.92 Å². The summed E-state index contributed by atoms with van der Waals surface area (Å²) in [6.07, 6.45) is 5.14. The fraction of sp³-hybridized carbons (Fsp3) is 0.900. The molecule has 0 radical (unpaired) electrons. The van der Waals surface area contributed by atoms with Gasteiger partial charge in [0.05, 0.1) is 5.41 Å². The molecule has 3 heteroatoms. The smallest absolute Gasteiger partial charge is 0.310 e. The lowest BCUT2D eigenvalue weighted by Crippen LogP contribution is -2.49. The van der Waals surface area contributed by atoms with Crippen LogP contribution >= 0.6 is 0 Å². The number of piperidine rings is 1. The van der Waals surface area contributed by atoms with Gasteiger partial charge < -0.3 is 10.4 Å². The van der Waals surface area contributed by atoms with Gasteiger partial charge in [0.2, 0.25) is 0 Å². The van der Waals surface area contributed by atoms with E-state index in [2.05, 4.69) is 5.32 Å². The molecule has 0 aromatic carbocycles. The zero-order valence-corrected chi connectivity index (χ0v) is 7.88. The van der Waals surface area contributed by atoms with Crippen molar-refractivity contribution in [3.05, 3.63) is 0 Å². The molecular weight excluding hydrogens is 166 g/mol. The molecule has 3 nitrogen and oxygen atoms in total. The van der Waals surface area contributed by atoms with Crippen LogP contribution in [0.15, 0.2) is 0 Å². The van der Waals surface area contributed by atoms with Crippen molar-refractivity contribution in [3.63, 3.8) is 0 Å². The van der Waals surface area contributed by atoms with Crippen LogP contribution in [0.2, 0.25) is 0 Å². The Kier molecular flexibility index (Phi) is 2.28. The Bertz CT molecular complexity index is 205. The summed E-state index contributed by atoms with van der Waals surface area (Å²) in [6.45, 7) is 1.76. The molecule has 0 spiro atoms. The minimum atomic E-state index is -0.557. The van der Waals surface area contributed by atoms with E-state index in [-0.39, 0.29) is 5.41 Å². The van der Waals surface area contributed by atoms with E-state index >= 15 is 0 Å². The Morgan fingerprint density at radius 1 is 1.31 bits per heavy atom. The maximum atomic E-state index is 11.3. The Hall–Kier alpha value is -0.570. The monoisotopic (exact) mass is 183 g/mol. The standard InChI is InChI=1S/C10H17NO2/c12-9(13)10(8-2-1-3-8)4-6-11-7-5-10/h8,11H,1-7H2,(H,12,13). The van der Waals surface area contributed by atoms with Gasteiger partial charge in [-0.3, -0.25) is 4.79 Å². The largest absolute Gasteiger partial charge is 0.481 e. The molecule has 0 amide bonds. The third-order valence-electron chi connectivity index (χ3n) is 3.81. The van der Waals surface area contributed by atoms with Crippen molar-refractivity contribution in [2.24, 2.45) is 11.3 Å². The maximum absolute atomic E-state index is 11.3. The van der Waals surface area contributed by atoms with Gasteiger partial charge >= 0.3 is 5.97 Å². The predicted octanol–water partition coefficient (Wildman–Crippen LogP) is 1.24. The molecule has 1 saturated carbocycles. The van der Waals surface area contributed by atoms with Crippen molar-refractivity contribution in [2.45, 2.75) is 32.1 Å². The highest BCUT2D eigenvalue weighted by Crippen LogP contribution is 2.47. The Labute approximate surface area is 78.5 Å². The molecule has 0 aromatic heterocycles. The third-order valence-corrected chi connectivity index (χ3v) is 3.81. The number of hydrogen-bond acceptors (Lipinski definition) is 2. The molecule has 1 heterocycles. The lowest BCUT2D eigenvalue weighted by molar-refractivity contribution is -0.157. The molecule has 74 valence electrons. The fourth-order valence-corrected chi connectivity index (χ4v) is 2.63. The molecule has 0 unspecified atom stereocenters. The Balaban J connectivity index is 2.12. The second-order valence-electron chi connectivity index (χ2n) is 4.34. The van der Waals surface area contributed by atoms with Gasteiger partial charge in [-0.2, -0.15) is 0 Å². The Morgan fingerprint density at radius 3 is 2.31 bits per heavy atom. The first kappa shape index (κ1) is 9.00. The molecular formula is C10H17NO2. The molecule has 13 heavy (non-hydrogen) atoms. The number of carbonyl (C=O) groups is 1. The molecule has 2 aliphatic rings. The van der Waals surface area contributed by atoms with Crippen molar-refractivity contribution in [2.75, 3.05) is 13.1 Å². The van der Waals surface area contributed by atoms with Crippen LogP contribution < -0.4 is 5.32 Å². The topological polar surface area (TPSA) is 49.3 Å². The van der Waals surface area contributed by atoms with Crippen molar-refractivity contribution in [1.29, 1.82) is 0 Å². The van der Waals surface area contributed by atoms with Crippen LogP contribution in [0.25, 0.3) is 0 Å². The van der Waals surface area contributed by atoms with Crippen molar-refractivity contribution < 1.29 is 9.90 Å². The van der Waals surface area contributed by atoms with Crippen LogP contribution in [0, 0.1) is 11.3 Å². The van der Waals surface area contributed by atoms with Crippen LogP contribution in [-0.4, -0.2) is 24.2 Å². The maximum Gasteiger partial charge on any atom is 0.310 e. The zero-order chi connectivity index (χ0) is 9.31. The normalized spacial score (nSPS) is 28.0. The number of carboxylic acids is 1. The van der Waals surface area contributed by atoms with E-state index in [4.69, 9.17) is 0 Å². The van der Waals surface area contributed by atoms with E-state index < -0.39 is 5.97 Å². The molecule has 2 fully saturated rings. The lowest BCUT2D eigenvalue weighted by atomic mass is 9.61. The summed E-state index contributed by atoms with van der Waals surface area (Å²) in [5.74, 6) is -0.0919. The quantitative estimate of drug-likeness (QED) is 0.677. The van der Waals surface area contributed by atoms with Gasteiger partial charge in [-0.25, -0.2) is 0 Å². The average molecular weight is 183 g/mol. The first-order valence-electron chi connectivity index (χ1n) is 5.20. The van der Waals surface area contributed by atoms with E-state index in [1.807, 2.05) is 0 Å². The number of nitrogens with one attached hydrogen (secondary N) is 1. The van der Waals surface area contributed by atoms with E-state index in [9.17, 15) is 9.90 Å². The molecule has 0 aromatic rings. The summed E-state index contributed by atoms with van der Waals surface area (Å²) in [4.78, 5) is 11.3. The van der Waals surface area contributed by atoms with Gasteiger partial charge in [0.1, 0.15) is 0 Å². The molecule has 0 bridgehead atoms. The van der Waals surface area contributed by atoms with Gasteiger partial charge in [-0.05, 0) is 44.7 Å². The summed E-state index contributed by atoms with van der Waals surface area (Å²) < 4.78 is 0. The van der Waals surface area contributed by atoms with Crippen molar-refractivity contribution in [1.82, 2.24) is 5.32 Å². The zero-order valence-electron chi connectivity index (χ0n) is 7.88. The lowest BCUT2D eigenvalue weighted by Gasteiger charge is -2.44. The molecule has 1 aliphatic carbocycles. The van der Waals surface area contributed by atoms with E-state index in [1.165, 1.54) is 6.42 Å². The predicted molar refractivity (Wildman–Crippen MR) is 49.5 cm³/mol. The highest BCUT2D eigenvalue weighted by Gasteiger charge is 2.48. The van der Waals surface area contributed by atoms with E-state index in [1.54, 1.807) is 0 Å². The SMILES string of the molecule is O=C(O)C1(C2CCC2)CCNCC1. The van der Waals surface area contributed by atoms with Crippen LogP contribution in [0.5, 0.6) is 0 Å². The van der Waals surface area contributed by atoms with Gasteiger partial charge in [0, 0.05) is 0 Å². The third kappa shape index (κ3) is 1.35. The summed E-state index contributed by atoms with van der Waals surface area (Å²) >= 11 is 0. The summed E-state index contributed by atoms with van der Waals surface area (Å²) in [5.41, 5.74) is -0.372. The summed E-state index contributed by atoms with van der Waals surface area (Å²) in [7, 11) is 0. The van der Waals surface area contributed by atoms with Gasteiger partial charge in [-0.15, -0.1) is 0 Å². The number of carboxylic acid groups (broad SMARTS) is 1. The molecule has 1 aliphatic heterocycles. The fourth-order valence-electron chi connectivity index (χ4n) is 2.63. The number of rotatable bonds is 2. The highest BCUT2D eigenvalue weighted by molar-refractivity contribution is 5.75. The van der Waals surface area contributed by atoms with Gasteiger partial charge in [0.15, 0.2) is 0 Å². The average Bonchev–Trinajstić information content (AvgIpc) is 2.02. The minimum Gasteiger partial charge on any atom is -0.481 e. The van der Waals surface area contributed by atoms with Crippen LogP contribution in [0.4, 0.5) is 0 Å². The van der Waals surface area contributed by atoms with Crippen molar-refractivity contribution in [3.8, 4) is 0 Å². The highest BCUT2D eigenvalue weighted by atomic mass is 16.4. The second kappa shape index (κ2) is 3.29. The number of aliphatic carboxylic acids is 1. The summed E-state index contributed by atoms with van der Waals surface area (Å²) in [5, 5.41) is 12.5. The first-order chi connectivity index (χ1) is 6.26. The van der Waals surface area contributed by atoms with Crippen LogP contribution in [0.3, 0.4) is 0 Å². The van der Waals surface area contributed by atoms with Gasteiger partial charge in [-0.1, -0.05) is 6.42 Å².